The van der Waals surface area contributed by atoms with Gasteiger partial charge in [-0.3, -0.25) is 9.59 Å². The molecule has 1 unspecified atom stereocenters. The quantitative estimate of drug-likeness (QED) is 0.845. The van der Waals surface area contributed by atoms with Crippen molar-refractivity contribution in [2.45, 2.75) is 12.3 Å². The first-order chi connectivity index (χ1) is 9.58. The summed E-state index contributed by atoms with van der Waals surface area (Å²) in [6, 6.07) is 16.0. The molecule has 0 amide bonds. The summed E-state index contributed by atoms with van der Waals surface area (Å²) < 4.78 is 0.797. The summed E-state index contributed by atoms with van der Waals surface area (Å²) in [5.41, 5.74) is 1.23. The standard InChI is InChI=1S/C16H13BrO3/c17-13-8-4-7-12(9-13)16(20)14(10-15(18)19)11-5-2-1-3-6-11/h1-9,14H,10H2,(H,18,19). The lowest BCUT2D eigenvalue weighted by Gasteiger charge is -2.14. The summed E-state index contributed by atoms with van der Waals surface area (Å²) in [6.07, 6.45) is -0.213. The minimum absolute atomic E-state index is 0.181. The zero-order valence-electron chi connectivity index (χ0n) is 10.6. The third kappa shape index (κ3) is 3.54. The van der Waals surface area contributed by atoms with Gasteiger partial charge in [0.1, 0.15) is 0 Å². The average molecular weight is 333 g/mol. The molecule has 0 aliphatic carbocycles. The van der Waals surface area contributed by atoms with E-state index in [4.69, 9.17) is 5.11 Å². The maximum atomic E-state index is 12.5. The summed E-state index contributed by atoms with van der Waals surface area (Å²) in [6.45, 7) is 0. The van der Waals surface area contributed by atoms with Gasteiger partial charge in [-0.2, -0.15) is 0 Å². The number of rotatable bonds is 5. The van der Waals surface area contributed by atoms with Gasteiger partial charge in [0.05, 0.1) is 12.3 Å². The van der Waals surface area contributed by atoms with Gasteiger partial charge in [-0.15, -0.1) is 0 Å². The summed E-state index contributed by atoms with van der Waals surface area (Å²) in [5.74, 6) is -1.83. The van der Waals surface area contributed by atoms with E-state index in [2.05, 4.69) is 15.9 Å². The molecule has 0 aliphatic rings. The Morgan fingerprint density at radius 3 is 2.35 bits per heavy atom. The Kier molecular flexibility index (Phi) is 4.69. The van der Waals surface area contributed by atoms with Crippen LogP contribution in [0.25, 0.3) is 0 Å². The summed E-state index contributed by atoms with van der Waals surface area (Å²) in [4.78, 5) is 23.6. The van der Waals surface area contributed by atoms with Crippen LogP contribution in [0, 0.1) is 0 Å². The average Bonchev–Trinajstić information content (AvgIpc) is 2.45. The topological polar surface area (TPSA) is 54.4 Å². The number of halogens is 1. The fourth-order valence-corrected chi connectivity index (χ4v) is 2.46. The normalized spacial score (nSPS) is 11.8. The van der Waals surface area contributed by atoms with Gasteiger partial charge in [0.25, 0.3) is 0 Å². The van der Waals surface area contributed by atoms with Gasteiger partial charge in [0, 0.05) is 10.0 Å². The maximum Gasteiger partial charge on any atom is 0.304 e. The summed E-state index contributed by atoms with van der Waals surface area (Å²) >= 11 is 3.32. The van der Waals surface area contributed by atoms with Crippen molar-refractivity contribution in [2.75, 3.05) is 0 Å². The van der Waals surface area contributed by atoms with E-state index < -0.39 is 11.9 Å². The molecule has 0 heterocycles. The molecule has 102 valence electrons. The van der Waals surface area contributed by atoms with E-state index in [0.29, 0.717) is 5.56 Å². The molecule has 0 aromatic heterocycles. The fraction of sp³-hybridized carbons (Fsp3) is 0.125. The molecule has 20 heavy (non-hydrogen) atoms. The number of ketones is 1. The summed E-state index contributed by atoms with van der Waals surface area (Å²) in [7, 11) is 0. The number of hydrogen-bond acceptors (Lipinski definition) is 2. The van der Waals surface area contributed by atoms with Crippen molar-refractivity contribution in [2.24, 2.45) is 0 Å². The molecule has 0 spiro atoms. The lowest BCUT2D eigenvalue weighted by Crippen LogP contribution is -2.17. The number of aliphatic carboxylic acids is 1. The fourth-order valence-electron chi connectivity index (χ4n) is 2.06. The Morgan fingerprint density at radius 1 is 1.05 bits per heavy atom. The van der Waals surface area contributed by atoms with Crippen LogP contribution in [0.5, 0.6) is 0 Å². The van der Waals surface area contributed by atoms with Crippen LogP contribution in [-0.4, -0.2) is 16.9 Å². The van der Waals surface area contributed by atoms with Crippen LogP contribution >= 0.6 is 15.9 Å². The molecule has 2 rings (SSSR count). The molecule has 1 atom stereocenters. The molecule has 0 saturated heterocycles. The van der Waals surface area contributed by atoms with Crippen molar-refractivity contribution >= 4 is 27.7 Å². The molecule has 3 nitrogen and oxygen atoms in total. The molecular formula is C16H13BrO3. The maximum absolute atomic E-state index is 12.5. The van der Waals surface area contributed by atoms with E-state index in [1.165, 1.54) is 0 Å². The smallest absolute Gasteiger partial charge is 0.304 e. The highest BCUT2D eigenvalue weighted by molar-refractivity contribution is 9.10. The SMILES string of the molecule is O=C(O)CC(C(=O)c1cccc(Br)c1)c1ccccc1. The van der Waals surface area contributed by atoms with Crippen molar-refractivity contribution in [1.82, 2.24) is 0 Å². The molecule has 2 aromatic rings. The van der Waals surface area contributed by atoms with Crippen LogP contribution in [0.4, 0.5) is 0 Å². The molecule has 1 N–H and O–H groups in total. The number of Topliss-reactive ketones (excluding diaryl/α,β-unsaturated/α-hetero) is 1. The molecule has 4 heteroatoms. The first kappa shape index (κ1) is 14.5. The molecule has 0 aliphatic heterocycles. The lowest BCUT2D eigenvalue weighted by molar-refractivity contribution is -0.137. The molecule has 0 bridgehead atoms. The van der Waals surface area contributed by atoms with Crippen LogP contribution in [0.15, 0.2) is 59.1 Å². The van der Waals surface area contributed by atoms with Crippen LogP contribution < -0.4 is 0 Å². The van der Waals surface area contributed by atoms with Crippen LogP contribution in [0.1, 0.15) is 28.3 Å². The Hall–Kier alpha value is -1.94. The Balaban J connectivity index is 2.36. The third-order valence-electron chi connectivity index (χ3n) is 3.01. The van der Waals surface area contributed by atoms with Crippen LogP contribution in [0.3, 0.4) is 0 Å². The largest absolute Gasteiger partial charge is 0.481 e. The molecule has 0 fully saturated rings. The van der Waals surface area contributed by atoms with Crippen molar-refractivity contribution in [1.29, 1.82) is 0 Å². The van der Waals surface area contributed by atoms with Gasteiger partial charge in [-0.05, 0) is 17.7 Å². The predicted octanol–water partition coefficient (Wildman–Crippen LogP) is 3.89. The van der Waals surface area contributed by atoms with Crippen molar-refractivity contribution in [3.05, 3.63) is 70.2 Å². The Morgan fingerprint density at radius 2 is 1.75 bits per heavy atom. The molecule has 2 aromatic carbocycles. The number of carbonyl (C=O) groups excluding carboxylic acids is 1. The predicted molar refractivity (Wildman–Crippen MR) is 79.9 cm³/mol. The first-order valence-electron chi connectivity index (χ1n) is 6.14. The van der Waals surface area contributed by atoms with Crippen LogP contribution in [-0.2, 0) is 4.79 Å². The van der Waals surface area contributed by atoms with E-state index in [-0.39, 0.29) is 12.2 Å². The number of carboxylic acids is 1. The van der Waals surface area contributed by atoms with Crippen LogP contribution in [0.2, 0.25) is 0 Å². The minimum Gasteiger partial charge on any atom is -0.481 e. The van der Waals surface area contributed by atoms with E-state index in [9.17, 15) is 9.59 Å². The number of hydrogen-bond donors (Lipinski definition) is 1. The van der Waals surface area contributed by atoms with Gasteiger partial charge >= 0.3 is 5.97 Å². The zero-order chi connectivity index (χ0) is 14.5. The molecule has 0 radical (unpaired) electrons. The Bertz CT molecular complexity index is 623. The highest BCUT2D eigenvalue weighted by Gasteiger charge is 2.24. The van der Waals surface area contributed by atoms with Gasteiger partial charge in [-0.25, -0.2) is 0 Å². The number of benzene rings is 2. The zero-order valence-corrected chi connectivity index (χ0v) is 12.2. The van der Waals surface area contributed by atoms with Gasteiger partial charge in [0.2, 0.25) is 0 Å². The highest BCUT2D eigenvalue weighted by atomic mass is 79.9. The second-order valence-corrected chi connectivity index (χ2v) is 5.35. The molecular weight excluding hydrogens is 320 g/mol. The minimum atomic E-state index is -0.984. The molecule has 0 saturated carbocycles. The van der Waals surface area contributed by atoms with Gasteiger partial charge in [-0.1, -0.05) is 58.4 Å². The number of carbonyl (C=O) groups is 2. The number of carboxylic acid groups (broad SMARTS) is 1. The van der Waals surface area contributed by atoms with E-state index in [0.717, 1.165) is 10.0 Å². The summed E-state index contributed by atoms with van der Waals surface area (Å²) in [5, 5.41) is 9.03. The lowest BCUT2D eigenvalue weighted by atomic mass is 9.88. The van der Waals surface area contributed by atoms with E-state index >= 15 is 0 Å². The highest BCUT2D eigenvalue weighted by Crippen LogP contribution is 2.25. The van der Waals surface area contributed by atoms with Crippen molar-refractivity contribution in [3.8, 4) is 0 Å². The second kappa shape index (κ2) is 6.48. The monoisotopic (exact) mass is 332 g/mol. The van der Waals surface area contributed by atoms with E-state index in [1.807, 2.05) is 12.1 Å². The van der Waals surface area contributed by atoms with Crippen molar-refractivity contribution < 1.29 is 14.7 Å². The Labute approximate surface area is 125 Å². The van der Waals surface area contributed by atoms with Crippen molar-refractivity contribution in [3.63, 3.8) is 0 Å². The second-order valence-electron chi connectivity index (χ2n) is 4.44. The van der Waals surface area contributed by atoms with Gasteiger partial charge in [0.15, 0.2) is 5.78 Å². The first-order valence-corrected chi connectivity index (χ1v) is 6.94. The van der Waals surface area contributed by atoms with Gasteiger partial charge < -0.3 is 5.11 Å². The van der Waals surface area contributed by atoms with E-state index in [1.54, 1.807) is 42.5 Å². The third-order valence-corrected chi connectivity index (χ3v) is 3.50.